The third-order valence-corrected chi connectivity index (χ3v) is 2.60. The first-order valence-electron chi connectivity index (χ1n) is 4.01. The first-order valence-corrected chi connectivity index (χ1v) is 4.01. The molecule has 1 heterocycles. The largest absolute Gasteiger partial charge is 0.380 e. The number of hydrogen-bond acceptors (Lipinski definition) is 2. The molecule has 1 aliphatic rings. The van der Waals surface area contributed by atoms with E-state index in [0.717, 1.165) is 0 Å². The summed E-state index contributed by atoms with van der Waals surface area (Å²) in [5.74, 6) is -0.132. The normalized spacial score (nSPS) is 38.4. The minimum Gasteiger partial charge on any atom is -0.380 e. The standard InChI is InChI=1S/C8H15NO2/c1-4-8(11)5-6(2)9(3)7(8)10/h6,11H,4-5H2,1-3H3. The number of nitrogens with zero attached hydrogens (tertiary/aromatic N) is 1. The number of aliphatic hydroxyl groups is 1. The topological polar surface area (TPSA) is 40.5 Å². The quantitative estimate of drug-likeness (QED) is 0.597. The molecule has 3 heteroatoms. The Labute approximate surface area is 67.0 Å². The van der Waals surface area contributed by atoms with Crippen molar-refractivity contribution in [3.63, 3.8) is 0 Å². The van der Waals surface area contributed by atoms with Gasteiger partial charge in [-0.25, -0.2) is 0 Å². The van der Waals surface area contributed by atoms with Crippen molar-refractivity contribution >= 4 is 5.91 Å². The molecular formula is C8H15NO2. The van der Waals surface area contributed by atoms with Gasteiger partial charge in [-0.2, -0.15) is 0 Å². The van der Waals surface area contributed by atoms with Crippen LogP contribution in [0.25, 0.3) is 0 Å². The van der Waals surface area contributed by atoms with Crippen LogP contribution in [0.4, 0.5) is 0 Å². The van der Waals surface area contributed by atoms with Gasteiger partial charge in [-0.3, -0.25) is 4.79 Å². The van der Waals surface area contributed by atoms with Crippen molar-refractivity contribution in [3.8, 4) is 0 Å². The summed E-state index contributed by atoms with van der Waals surface area (Å²) in [6.07, 6.45) is 1.08. The van der Waals surface area contributed by atoms with Gasteiger partial charge in [-0.05, 0) is 13.3 Å². The lowest BCUT2D eigenvalue weighted by atomic mass is 9.97. The summed E-state index contributed by atoms with van der Waals surface area (Å²) in [5.41, 5.74) is -1.08. The van der Waals surface area contributed by atoms with E-state index < -0.39 is 5.60 Å². The monoisotopic (exact) mass is 157 g/mol. The SMILES string of the molecule is CCC1(O)CC(C)N(C)C1=O. The predicted octanol–water partition coefficient (Wildman–Crippen LogP) is 0.378. The highest BCUT2D eigenvalue weighted by molar-refractivity contribution is 5.87. The average molecular weight is 157 g/mol. The number of amides is 1. The van der Waals surface area contributed by atoms with Gasteiger partial charge in [0.2, 0.25) is 0 Å². The smallest absolute Gasteiger partial charge is 0.254 e. The Morgan fingerprint density at radius 1 is 1.82 bits per heavy atom. The van der Waals surface area contributed by atoms with Crippen LogP contribution in [0.1, 0.15) is 26.7 Å². The molecule has 1 rings (SSSR count). The van der Waals surface area contributed by atoms with Gasteiger partial charge in [0.25, 0.3) is 5.91 Å². The third-order valence-electron chi connectivity index (χ3n) is 2.60. The van der Waals surface area contributed by atoms with Gasteiger partial charge in [0.1, 0.15) is 5.60 Å². The molecule has 1 aliphatic heterocycles. The van der Waals surface area contributed by atoms with E-state index in [1.165, 1.54) is 0 Å². The zero-order valence-corrected chi connectivity index (χ0v) is 7.29. The van der Waals surface area contributed by atoms with Gasteiger partial charge in [0.15, 0.2) is 0 Å². The van der Waals surface area contributed by atoms with Crippen LogP contribution in [0.2, 0.25) is 0 Å². The van der Waals surface area contributed by atoms with Crippen LogP contribution >= 0.6 is 0 Å². The van der Waals surface area contributed by atoms with E-state index in [1.54, 1.807) is 11.9 Å². The molecule has 1 fully saturated rings. The second-order valence-corrected chi connectivity index (χ2v) is 3.35. The molecule has 0 aromatic heterocycles. The van der Waals surface area contributed by atoms with E-state index in [0.29, 0.717) is 12.8 Å². The van der Waals surface area contributed by atoms with Crippen molar-refractivity contribution in [3.05, 3.63) is 0 Å². The van der Waals surface area contributed by atoms with Crippen molar-refractivity contribution in [1.82, 2.24) is 4.90 Å². The van der Waals surface area contributed by atoms with Crippen LogP contribution in [0.3, 0.4) is 0 Å². The highest BCUT2D eigenvalue weighted by Crippen LogP contribution is 2.29. The molecule has 1 amide bonds. The minimum atomic E-state index is -1.08. The maximum Gasteiger partial charge on any atom is 0.254 e. The molecule has 0 aliphatic carbocycles. The minimum absolute atomic E-state index is 0.132. The van der Waals surface area contributed by atoms with Crippen LogP contribution in [0.5, 0.6) is 0 Å². The van der Waals surface area contributed by atoms with Crippen LogP contribution < -0.4 is 0 Å². The Kier molecular flexibility index (Phi) is 1.92. The summed E-state index contributed by atoms with van der Waals surface area (Å²) < 4.78 is 0. The van der Waals surface area contributed by atoms with Crippen molar-refractivity contribution in [1.29, 1.82) is 0 Å². The van der Waals surface area contributed by atoms with Gasteiger partial charge < -0.3 is 10.0 Å². The van der Waals surface area contributed by atoms with Crippen molar-refractivity contribution in [2.24, 2.45) is 0 Å². The molecule has 2 atom stereocenters. The number of likely N-dealkylation sites (N-methyl/N-ethyl adjacent to an activating group) is 1. The number of hydrogen-bond donors (Lipinski definition) is 1. The molecule has 1 saturated heterocycles. The molecule has 1 N–H and O–H groups in total. The van der Waals surface area contributed by atoms with Crippen LogP contribution in [0, 0.1) is 0 Å². The second kappa shape index (κ2) is 2.48. The fourth-order valence-corrected chi connectivity index (χ4v) is 1.54. The molecule has 2 unspecified atom stereocenters. The van der Waals surface area contributed by atoms with Crippen molar-refractivity contribution in [2.75, 3.05) is 7.05 Å². The molecule has 64 valence electrons. The summed E-state index contributed by atoms with van der Waals surface area (Å²) in [6, 6.07) is 0.174. The number of carbonyl (C=O) groups excluding carboxylic acids is 1. The Hall–Kier alpha value is -0.570. The number of likely N-dealkylation sites (tertiary alicyclic amines) is 1. The van der Waals surface area contributed by atoms with E-state index in [9.17, 15) is 9.90 Å². The second-order valence-electron chi connectivity index (χ2n) is 3.35. The fourth-order valence-electron chi connectivity index (χ4n) is 1.54. The zero-order valence-electron chi connectivity index (χ0n) is 7.29. The summed E-state index contributed by atoms with van der Waals surface area (Å²) in [5, 5.41) is 9.72. The number of rotatable bonds is 1. The van der Waals surface area contributed by atoms with Crippen LogP contribution in [0.15, 0.2) is 0 Å². The zero-order chi connectivity index (χ0) is 8.65. The Bertz CT molecular complexity index is 181. The van der Waals surface area contributed by atoms with Crippen molar-refractivity contribution < 1.29 is 9.90 Å². The first-order chi connectivity index (χ1) is 5.01. The molecule has 11 heavy (non-hydrogen) atoms. The van der Waals surface area contributed by atoms with Crippen LogP contribution in [-0.2, 0) is 4.79 Å². The maximum absolute atomic E-state index is 11.3. The van der Waals surface area contributed by atoms with Crippen LogP contribution in [-0.4, -0.2) is 34.6 Å². The molecule has 0 spiro atoms. The van der Waals surface area contributed by atoms with Gasteiger partial charge in [-0.1, -0.05) is 6.92 Å². The van der Waals surface area contributed by atoms with E-state index >= 15 is 0 Å². The molecule has 3 nitrogen and oxygen atoms in total. The third kappa shape index (κ3) is 1.13. The summed E-state index contributed by atoms with van der Waals surface area (Å²) in [7, 11) is 1.74. The number of carbonyl (C=O) groups is 1. The molecule has 0 saturated carbocycles. The van der Waals surface area contributed by atoms with E-state index in [-0.39, 0.29) is 11.9 Å². The summed E-state index contributed by atoms with van der Waals surface area (Å²) in [4.78, 5) is 13.0. The fraction of sp³-hybridized carbons (Fsp3) is 0.875. The Morgan fingerprint density at radius 3 is 2.55 bits per heavy atom. The highest BCUT2D eigenvalue weighted by atomic mass is 16.3. The van der Waals surface area contributed by atoms with Gasteiger partial charge in [0.05, 0.1) is 0 Å². The molecule has 0 bridgehead atoms. The van der Waals surface area contributed by atoms with Gasteiger partial charge in [0, 0.05) is 19.5 Å². The van der Waals surface area contributed by atoms with Crippen molar-refractivity contribution in [2.45, 2.75) is 38.3 Å². The lowest BCUT2D eigenvalue weighted by Gasteiger charge is -2.17. The summed E-state index contributed by atoms with van der Waals surface area (Å²) >= 11 is 0. The van der Waals surface area contributed by atoms with E-state index in [2.05, 4.69) is 0 Å². The highest BCUT2D eigenvalue weighted by Gasteiger charge is 2.45. The molecule has 0 radical (unpaired) electrons. The predicted molar refractivity (Wildman–Crippen MR) is 42.1 cm³/mol. The van der Waals surface area contributed by atoms with Gasteiger partial charge >= 0.3 is 0 Å². The van der Waals surface area contributed by atoms with Gasteiger partial charge in [-0.15, -0.1) is 0 Å². The van der Waals surface area contributed by atoms with E-state index in [1.807, 2.05) is 13.8 Å². The molecule has 0 aromatic carbocycles. The maximum atomic E-state index is 11.3. The van der Waals surface area contributed by atoms with E-state index in [4.69, 9.17) is 0 Å². The Balaban J connectivity index is 2.82. The lowest BCUT2D eigenvalue weighted by molar-refractivity contribution is -0.142. The molecule has 0 aromatic rings. The molecular weight excluding hydrogens is 142 g/mol. The first kappa shape index (κ1) is 8.53. The Morgan fingerprint density at radius 2 is 2.36 bits per heavy atom. The summed E-state index contributed by atoms with van der Waals surface area (Å²) in [6.45, 7) is 3.79. The average Bonchev–Trinajstić information content (AvgIpc) is 2.17. The lowest BCUT2D eigenvalue weighted by Crippen LogP contribution is -2.38.